The van der Waals surface area contributed by atoms with Crippen molar-refractivity contribution >= 4 is 47.4 Å². The normalized spacial score (nSPS) is 20.9. The number of nitrogens with one attached hydrogen (secondary N) is 1. The Morgan fingerprint density at radius 2 is 2.17 bits per heavy atom. The van der Waals surface area contributed by atoms with E-state index >= 15 is 0 Å². The first-order valence-electron chi connectivity index (χ1n) is 7.23. The van der Waals surface area contributed by atoms with E-state index < -0.39 is 6.43 Å². The summed E-state index contributed by atoms with van der Waals surface area (Å²) in [6.07, 6.45) is 0.908. The van der Waals surface area contributed by atoms with Crippen molar-refractivity contribution in [3.05, 3.63) is 23.2 Å². The Kier molecular flexibility index (Phi) is 8.61. The number of hydrogen-bond donors (Lipinski definition) is 2. The second kappa shape index (κ2) is 9.67. The van der Waals surface area contributed by atoms with Gasteiger partial charge in [-0.2, -0.15) is 0 Å². The molecule has 0 saturated heterocycles. The highest BCUT2D eigenvalue weighted by Crippen LogP contribution is 2.36. The number of halogens is 4. The molecule has 0 bridgehead atoms. The minimum atomic E-state index is -2.43. The van der Waals surface area contributed by atoms with Crippen LogP contribution in [0.25, 0.3) is 0 Å². The van der Waals surface area contributed by atoms with Crippen LogP contribution in [-0.2, 0) is 4.79 Å². The van der Waals surface area contributed by atoms with Gasteiger partial charge in [-0.15, -0.1) is 24.2 Å². The Hall–Kier alpha value is -0.560. The second-order valence-electron chi connectivity index (χ2n) is 5.43. The summed E-state index contributed by atoms with van der Waals surface area (Å²) in [6, 6.07) is 5.05. The zero-order chi connectivity index (χ0) is 16.1. The standard InChI is InChI=1S/C15H19ClF2N2OS.ClH/c16-11-5-2-6-12(14(11)22-8-13(17)18)20-15(21)9-3-1-4-10(19)7-9;/h2,5-6,9-10,13H,1,3-4,7-8,19H2,(H,20,21);1H. The average molecular weight is 385 g/mol. The second-order valence-corrected chi connectivity index (χ2v) is 6.87. The zero-order valence-electron chi connectivity index (χ0n) is 12.4. The number of alkyl halides is 2. The topological polar surface area (TPSA) is 55.1 Å². The molecule has 0 radical (unpaired) electrons. The molecule has 3 N–H and O–H groups in total. The van der Waals surface area contributed by atoms with Gasteiger partial charge in [-0.25, -0.2) is 8.78 Å². The molecule has 23 heavy (non-hydrogen) atoms. The van der Waals surface area contributed by atoms with Gasteiger partial charge in [0.1, 0.15) is 0 Å². The van der Waals surface area contributed by atoms with Gasteiger partial charge in [-0.3, -0.25) is 4.79 Å². The van der Waals surface area contributed by atoms with E-state index in [1.807, 2.05) is 0 Å². The summed E-state index contributed by atoms with van der Waals surface area (Å²) < 4.78 is 24.8. The third kappa shape index (κ3) is 6.10. The van der Waals surface area contributed by atoms with Crippen LogP contribution < -0.4 is 11.1 Å². The molecule has 0 heterocycles. The third-order valence-electron chi connectivity index (χ3n) is 3.66. The first-order chi connectivity index (χ1) is 10.5. The predicted octanol–water partition coefficient (Wildman–Crippen LogP) is 4.58. The van der Waals surface area contributed by atoms with Crippen molar-refractivity contribution in [2.45, 2.75) is 43.0 Å². The number of carbonyl (C=O) groups excluding carboxylic acids is 1. The molecule has 3 nitrogen and oxygen atoms in total. The smallest absolute Gasteiger partial charge is 0.247 e. The number of thioether (sulfide) groups is 1. The fourth-order valence-corrected chi connectivity index (χ4v) is 3.71. The molecule has 1 aliphatic rings. The van der Waals surface area contributed by atoms with Gasteiger partial charge in [0.15, 0.2) is 0 Å². The molecule has 1 aromatic rings. The molecule has 0 aromatic heterocycles. The van der Waals surface area contributed by atoms with Crippen LogP contribution in [0.2, 0.25) is 5.02 Å². The van der Waals surface area contributed by atoms with Crippen LogP contribution >= 0.6 is 35.8 Å². The lowest BCUT2D eigenvalue weighted by Crippen LogP contribution is -2.34. The lowest BCUT2D eigenvalue weighted by molar-refractivity contribution is -0.120. The van der Waals surface area contributed by atoms with Crippen LogP contribution in [0.5, 0.6) is 0 Å². The summed E-state index contributed by atoms with van der Waals surface area (Å²) in [5.74, 6) is -0.604. The number of nitrogens with two attached hydrogens (primary N) is 1. The molecule has 1 aromatic carbocycles. The summed E-state index contributed by atoms with van der Waals surface area (Å²) in [4.78, 5) is 12.8. The highest BCUT2D eigenvalue weighted by atomic mass is 35.5. The molecular weight excluding hydrogens is 365 g/mol. The fraction of sp³-hybridized carbons (Fsp3) is 0.533. The quantitative estimate of drug-likeness (QED) is 0.730. The van der Waals surface area contributed by atoms with E-state index in [1.54, 1.807) is 18.2 Å². The maximum absolute atomic E-state index is 12.4. The maximum atomic E-state index is 12.4. The summed E-state index contributed by atoms with van der Waals surface area (Å²) in [7, 11) is 0. The van der Waals surface area contributed by atoms with E-state index in [1.165, 1.54) is 0 Å². The molecule has 130 valence electrons. The minimum Gasteiger partial charge on any atom is -0.328 e. The zero-order valence-corrected chi connectivity index (χ0v) is 14.8. The number of amides is 1. The van der Waals surface area contributed by atoms with Crippen LogP contribution in [0, 0.1) is 5.92 Å². The Morgan fingerprint density at radius 1 is 1.43 bits per heavy atom. The molecule has 1 aliphatic carbocycles. The van der Waals surface area contributed by atoms with E-state index in [0.29, 0.717) is 22.0 Å². The van der Waals surface area contributed by atoms with Crippen molar-refractivity contribution in [2.75, 3.05) is 11.1 Å². The monoisotopic (exact) mass is 384 g/mol. The van der Waals surface area contributed by atoms with Crippen LogP contribution in [0.4, 0.5) is 14.5 Å². The van der Waals surface area contributed by atoms with Gasteiger partial charge in [0, 0.05) is 16.9 Å². The molecule has 2 unspecified atom stereocenters. The number of carbonyl (C=O) groups is 1. The van der Waals surface area contributed by atoms with Crippen LogP contribution in [0.3, 0.4) is 0 Å². The van der Waals surface area contributed by atoms with Crippen molar-refractivity contribution in [1.82, 2.24) is 0 Å². The Bertz CT molecular complexity index is 534. The largest absolute Gasteiger partial charge is 0.328 e. The molecule has 2 rings (SSSR count). The van der Waals surface area contributed by atoms with Gasteiger partial charge in [-0.1, -0.05) is 24.1 Å². The molecule has 2 atom stereocenters. The van der Waals surface area contributed by atoms with E-state index in [9.17, 15) is 13.6 Å². The summed E-state index contributed by atoms with van der Waals surface area (Å²) >= 11 is 7.02. The first kappa shape index (κ1) is 20.5. The van der Waals surface area contributed by atoms with E-state index in [0.717, 1.165) is 31.0 Å². The Labute approximate surface area is 150 Å². The van der Waals surface area contributed by atoms with Crippen molar-refractivity contribution in [3.8, 4) is 0 Å². The van der Waals surface area contributed by atoms with E-state index in [4.69, 9.17) is 17.3 Å². The van der Waals surface area contributed by atoms with Crippen LogP contribution in [0.15, 0.2) is 23.1 Å². The number of anilines is 1. The molecule has 8 heteroatoms. The number of rotatable bonds is 5. The SMILES string of the molecule is Cl.NC1CCCC(C(=O)Nc2cccc(Cl)c2SCC(F)F)C1. The number of benzene rings is 1. The van der Waals surface area contributed by atoms with E-state index in [-0.39, 0.29) is 36.0 Å². The van der Waals surface area contributed by atoms with Crippen LogP contribution in [0.1, 0.15) is 25.7 Å². The minimum absolute atomic E-state index is 0. The molecule has 1 fully saturated rings. The lowest BCUT2D eigenvalue weighted by Gasteiger charge is -2.26. The fourth-order valence-electron chi connectivity index (χ4n) is 2.60. The van der Waals surface area contributed by atoms with Crippen LogP contribution in [-0.4, -0.2) is 24.1 Å². The highest BCUT2D eigenvalue weighted by Gasteiger charge is 2.26. The maximum Gasteiger partial charge on any atom is 0.247 e. The Balaban J connectivity index is 0.00000264. The average Bonchev–Trinajstić information content (AvgIpc) is 2.46. The summed E-state index contributed by atoms with van der Waals surface area (Å²) in [5.41, 5.74) is 6.39. The van der Waals surface area contributed by atoms with Gasteiger partial charge in [0.2, 0.25) is 12.3 Å². The lowest BCUT2D eigenvalue weighted by atomic mass is 9.85. The van der Waals surface area contributed by atoms with Crippen molar-refractivity contribution in [2.24, 2.45) is 11.7 Å². The molecule has 1 amide bonds. The molecular formula is C15H20Cl2F2N2OS. The molecule has 0 spiro atoms. The number of hydrogen-bond acceptors (Lipinski definition) is 3. The van der Waals surface area contributed by atoms with Crippen molar-refractivity contribution < 1.29 is 13.6 Å². The predicted molar refractivity (Wildman–Crippen MR) is 94.0 cm³/mol. The molecule has 1 saturated carbocycles. The van der Waals surface area contributed by atoms with Gasteiger partial charge in [-0.05, 0) is 31.4 Å². The van der Waals surface area contributed by atoms with Gasteiger partial charge in [0.05, 0.1) is 16.5 Å². The van der Waals surface area contributed by atoms with Crippen molar-refractivity contribution in [1.29, 1.82) is 0 Å². The third-order valence-corrected chi connectivity index (χ3v) is 5.24. The summed E-state index contributed by atoms with van der Waals surface area (Å²) in [5, 5.41) is 3.19. The van der Waals surface area contributed by atoms with Gasteiger partial charge in [0.25, 0.3) is 0 Å². The van der Waals surface area contributed by atoms with Crippen molar-refractivity contribution in [3.63, 3.8) is 0 Å². The summed E-state index contributed by atoms with van der Waals surface area (Å²) in [6.45, 7) is 0. The van der Waals surface area contributed by atoms with Gasteiger partial charge < -0.3 is 11.1 Å². The molecule has 0 aliphatic heterocycles. The van der Waals surface area contributed by atoms with E-state index in [2.05, 4.69) is 5.32 Å². The first-order valence-corrected chi connectivity index (χ1v) is 8.59. The van der Waals surface area contributed by atoms with Gasteiger partial charge >= 0.3 is 0 Å². The Morgan fingerprint density at radius 3 is 2.83 bits per heavy atom. The highest BCUT2D eigenvalue weighted by molar-refractivity contribution is 7.99.